The van der Waals surface area contributed by atoms with Crippen LogP contribution in [0.4, 0.5) is 0 Å². The molecule has 0 fully saturated rings. The van der Waals surface area contributed by atoms with Crippen LogP contribution in [0.5, 0.6) is 0 Å². The Bertz CT molecular complexity index is 205. The van der Waals surface area contributed by atoms with Gasteiger partial charge in [0.25, 0.3) is 0 Å². The predicted molar refractivity (Wildman–Crippen MR) is 43.5 cm³/mol. The van der Waals surface area contributed by atoms with Gasteiger partial charge in [0.2, 0.25) is 0 Å². The highest BCUT2D eigenvalue weighted by atomic mass is 32.2. The number of carbonyl (C=O) groups is 1. The maximum atomic E-state index is 11.1. The second kappa shape index (κ2) is 3.46. The first-order chi connectivity index (χ1) is 4.84. The van der Waals surface area contributed by atoms with E-state index in [1.54, 1.807) is 12.3 Å². The molecule has 1 aromatic rings. The van der Waals surface area contributed by atoms with Gasteiger partial charge in [-0.3, -0.25) is 4.79 Å². The minimum Gasteiger partial charge on any atom is -0.359 e. The lowest BCUT2D eigenvalue weighted by Gasteiger charge is -1.91. The Labute approximate surface area is 64.0 Å². The van der Waals surface area contributed by atoms with Crippen LogP contribution in [0, 0.1) is 0 Å². The van der Waals surface area contributed by atoms with Crippen LogP contribution >= 0.6 is 11.8 Å². The average Bonchev–Trinajstić information content (AvgIpc) is 2.38. The highest BCUT2D eigenvalue weighted by Gasteiger charge is 2.02. The number of H-pyrrole nitrogens is 1. The van der Waals surface area contributed by atoms with E-state index < -0.39 is 0 Å². The molecule has 0 bridgehead atoms. The van der Waals surface area contributed by atoms with Crippen LogP contribution in [-0.4, -0.2) is 22.8 Å². The zero-order valence-corrected chi connectivity index (χ0v) is 6.57. The third kappa shape index (κ3) is 1.64. The van der Waals surface area contributed by atoms with E-state index in [0.29, 0.717) is 11.4 Å². The summed E-state index contributed by atoms with van der Waals surface area (Å²) in [6, 6.07) is 3.62. The van der Waals surface area contributed by atoms with Crippen molar-refractivity contribution < 1.29 is 4.79 Å². The molecule has 1 rings (SSSR count). The molecule has 0 spiro atoms. The van der Waals surface area contributed by atoms with Gasteiger partial charge in [0.15, 0.2) is 5.78 Å². The quantitative estimate of drug-likeness (QED) is 0.672. The van der Waals surface area contributed by atoms with E-state index in [1.807, 2.05) is 12.3 Å². The molecule has 0 unspecified atom stereocenters. The number of carbonyl (C=O) groups excluding carboxylic acids is 1. The smallest absolute Gasteiger partial charge is 0.188 e. The zero-order chi connectivity index (χ0) is 7.40. The van der Waals surface area contributed by atoms with E-state index in [1.165, 1.54) is 11.8 Å². The van der Waals surface area contributed by atoms with E-state index in [4.69, 9.17) is 0 Å². The first-order valence-electron chi connectivity index (χ1n) is 3.00. The van der Waals surface area contributed by atoms with Gasteiger partial charge in [0.1, 0.15) is 0 Å². The summed E-state index contributed by atoms with van der Waals surface area (Å²) in [6.07, 6.45) is 3.68. The van der Waals surface area contributed by atoms with Gasteiger partial charge in [-0.05, 0) is 18.4 Å². The summed E-state index contributed by atoms with van der Waals surface area (Å²) in [5, 5.41) is 0. The molecule has 3 heteroatoms. The SMILES string of the molecule is CSCC(=O)c1ccc[nH]1. The molecule has 0 radical (unpaired) electrons. The van der Waals surface area contributed by atoms with Gasteiger partial charge < -0.3 is 4.98 Å². The largest absolute Gasteiger partial charge is 0.359 e. The number of hydrogen-bond acceptors (Lipinski definition) is 2. The number of hydrogen-bond donors (Lipinski definition) is 1. The van der Waals surface area contributed by atoms with Crippen LogP contribution in [0.3, 0.4) is 0 Å². The molecule has 0 saturated heterocycles. The number of aromatic amines is 1. The molecule has 0 saturated carbocycles. The molecule has 54 valence electrons. The molecule has 0 aliphatic heterocycles. The van der Waals surface area contributed by atoms with Gasteiger partial charge >= 0.3 is 0 Å². The van der Waals surface area contributed by atoms with Crippen LogP contribution in [0.1, 0.15) is 10.5 Å². The lowest BCUT2D eigenvalue weighted by molar-refractivity contribution is 0.101. The second-order valence-electron chi connectivity index (χ2n) is 1.94. The minimum absolute atomic E-state index is 0.164. The van der Waals surface area contributed by atoms with Crippen LogP contribution in [0.25, 0.3) is 0 Å². The van der Waals surface area contributed by atoms with Crippen molar-refractivity contribution >= 4 is 17.5 Å². The van der Waals surface area contributed by atoms with Crippen molar-refractivity contribution in [2.24, 2.45) is 0 Å². The van der Waals surface area contributed by atoms with E-state index in [9.17, 15) is 4.79 Å². The lowest BCUT2D eigenvalue weighted by atomic mass is 10.3. The fourth-order valence-corrected chi connectivity index (χ4v) is 1.13. The predicted octanol–water partition coefficient (Wildman–Crippen LogP) is 1.56. The fourth-order valence-electron chi connectivity index (χ4n) is 0.713. The number of aromatic nitrogens is 1. The molecular formula is C7H9NOS. The highest BCUT2D eigenvalue weighted by Crippen LogP contribution is 2.01. The third-order valence-corrected chi connectivity index (χ3v) is 1.72. The normalized spacial score (nSPS) is 9.70. The van der Waals surface area contributed by atoms with Crippen molar-refractivity contribution in [2.75, 3.05) is 12.0 Å². The number of Topliss-reactive ketones (excluding diaryl/α,β-unsaturated/α-hetero) is 1. The Balaban J connectivity index is 2.59. The summed E-state index contributed by atoms with van der Waals surface area (Å²) in [4.78, 5) is 13.9. The summed E-state index contributed by atoms with van der Waals surface area (Å²) in [5.74, 6) is 0.720. The summed E-state index contributed by atoms with van der Waals surface area (Å²) in [7, 11) is 0. The molecule has 0 amide bonds. The van der Waals surface area contributed by atoms with Crippen molar-refractivity contribution in [1.29, 1.82) is 0 Å². The molecule has 0 aliphatic carbocycles. The van der Waals surface area contributed by atoms with Crippen LogP contribution in [0.15, 0.2) is 18.3 Å². The zero-order valence-electron chi connectivity index (χ0n) is 5.76. The highest BCUT2D eigenvalue weighted by molar-refractivity contribution is 7.99. The van der Waals surface area contributed by atoms with Gasteiger partial charge in [-0.2, -0.15) is 11.8 Å². The summed E-state index contributed by atoms with van der Waals surface area (Å²) >= 11 is 1.54. The van der Waals surface area contributed by atoms with E-state index >= 15 is 0 Å². The van der Waals surface area contributed by atoms with Crippen LogP contribution < -0.4 is 0 Å². The number of rotatable bonds is 3. The van der Waals surface area contributed by atoms with Crippen molar-refractivity contribution in [1.82, 2.24) is 4.98 Å². The summed E-state index contributed by atoms with van der Waals surface area (Å²) < 4.78 is 0. The van der Waals surface area contributed by atoms with Crippen molar-refractivity contribution in [2.45, 2.75) is 0 Å². The van der Waals surface area contributed by atoms with E-state index in [-0.39, 0.29) is 5.78 Å². The van der Waals surface area contributed by atoms with Gasteiger partial charge in [0.05, 0.1) is 11.4 Å². The molecule has 1 aromatic heterocycles. The average molecular weight is 155 g/mol. The van der Waals surface area contributed by atoms with Crippen molar-refractivity contribution in [3.05, 3.63) is 24.0 Å². The molecule has 0 aliphatic rings. The lowest BCUT2D eigenvalue weighted by Crippen LogP contribution is -2.01. The van der Waals surface area contributed by atoms with Gasteiger partial charge in [0, 0.05) is 6.20 Å². The molecular weight excluding hydrogens is 146 g/mol. The maximum Gasteiger partial charge on any atom is 0.188 e. The van der Waals surface area contributed by atoms with Crippen LogP contribution in [-0.2, 0) is 0 Å². The molecule has 0 aromatic carbocycles. The fraction of sp³-hybridized carbons (Fsp3) is 0.286. The molecule has 0 atom stereocenters. The monoisotopic (exact) mass is 155 g/mol. The van der Waals surface area contributed by atoms with E-state index in [0.717, 1.165) is 0 Å². The molecule has 10 heavy (non-hydrogen) atoms. The first kappa shape index (κ1) is 7.41. The van der Waals surface area contributed by atoms with Crippen LogP contribution in [0.2, 0.25) is 0 Å². The Morgan fingerprint density at radius 2 is 2.60 bits per heavy atom. The van der Waals surface area contributed by atoms with Gasteiger partial charge in [-0.25, -0.2) is 0 Å². The minimum atomic E-state index is 0.164. The second-order valence-corrected chi connectivity index (χ2v) is 2.81. The first-order valence-corrected chi connectivity index (χ1v) is 4.39. The topological polar surface area (TPSA) is 32.9 Å². The summed E-state index contributed by atoms with van der Waals surface area (Å²) in [6.45, 7) is 0. The number of thioether (sulfide) groups is 1. The third-order valence-electron chi connectivity index (χ3n) is 1.17. The van der Waals surface area contributed by atoms with Crippen molar-refractivity contribution in [3.63, 3.8) is 0 Å². The standard InChI is InChI=1S/C7H9NOS/c1-10-5-7(9)6-3-2-4-8-6/h2-4,8H,5H2,1H3. The van der Waals surface area contributed by atoms with Gasteiger partial charge in [-0.15, -0.1) is 0 Å². The van der Waals surface area contributed by atoms with E-state index in [2.05, 4.69) is 4.98 Å². The summed E-state index contributed by atoms with van der Waals surface area (Å²) in [5.41, 5.74) is 0.703. The Hall–Kier alpha value is -0.700. The molecule has 2 nitrogen and oxygen atoms in total. The van der Waals surface area contributed by atoms with Crippen molar-refractivity contribution in [3.8, 4) is 0 Å². The number of nitrogens with one attached hydrogen (secondary N) is 1. The molecule has 1 heterocycles. The Morgan fingerprint density at radius 1 is 1.80 bits per heavy atom. The number of ketones is 1. The Morgan fingerprint density at radius 3 is 3.10 bits per heavy atom. The molecule has 1 N–H and O–H groups in total. The Kier molecular flexibility index (Phi) is 2.57. The maximum absolute atomic E-state index is 11.1. The van der Waals surface area contributed by atoms with Gasteiger partial charge in [-0.1, -0.05) is 0 Å².